The molecule has 2 nitrogen and oxygen atoms in total. The third-order valence-corrected chi connectivity index (χ3v) is 2.83. The van der Waals surface area contributed by atoms with E-state index >= 15 is 0 Å². The van der Waals surface area contributed by atoms with E-state index in [1.807, 2.05) is 6.92 Å². The summed E-state index contributed by atoms with van der Waals surface area (Å²) >= 11 is 2.33. The third-order valence-electron chi connectivity index (χ3n) is 2.16. The second-order valence-corrected chi connectivity index (χ2v) is 4.91. The molecule has 84 valence electrons. The van der Waals surface area contributed by atoms with E-state index in [1.54, 1.807) is 0 Å². The minimum Gasteiger partial charge on any atom is -0.380 e. The van der Waals surface area contributed by atoms with Gasteiger partial charge in [0.15, 0.2) is 0 Å². The molecule has 0 heterocycles. The number of benzene rings is 1. The van der Waals surface area contributed by atoms with Gasteiger partial charge in [-0.05, 0) is 67.1 Å². The average molecular weight is 319 g/mol. The molecule has 3 heteroatoms. The molecule has 0 aliphatic carbocycles. The molecule has 0 fully saturated rings. The Labute approximate surface area is 106 Å². The van der Waals surface area contributed by atoms with E-state index in [2.05, 4.69) is 60.0 Å². The molecule has 1 aromatic rings. The number of ether oxygens (including phenoxy) is 1. The number of hydrogen-bond acceptors (Lipinski definition) is 2. The Bertz CT molecular complexity index is 314. The Hall–Kier alpha value is -0.290. The van der Waals surface area contributed by atoms with E-state index in [0.717, 1.165) is 13.2 Å². The largest absolute Gasteiger partial charge is 0.380 e. The van der Waals surface area contributed by atoms with Crippen molar-refractivity contribution in [1.29, 1.82) is 0 Å². The SMILES string of the molecule is CCOCC(C)Nc1ccc(I)cc1C. The lowest BCUT2D eigenvalue weighted by molar-refractivity contribution is 0.141. The second kappa shape index (κ2) is 6.33. The minimum atomic E-state index is 0.351. The summed E-state index contributed by atoms with van der Waals surface area (Å²) in [6, 6.07) is 6.77. The Morgan fingerprint density at radius 2 is 2.20 bits per heavy atom. The number of aryl methyl sites for hydroxylation is 1. The number of rotatable bonds is 5. The maximum atomic E-state index is 5.37. The summed E-state index contributed by atoms with van der Waals surface area (Å²) in [6.45, 7) is 7.80. The van der Waals surface area contributed by atoms with Gasteiger partial charge in [0, 0.05) is 21.9 Å². The molecule has 0 aromatic heterocycles. The van der Waals surface area contributed by atoms with Gasteiger partial charge in [-0.3, -0.25) is 0 Å². The highest BCUT2D eigenvalue weighted by Crippen LogP contribution is 2.18. The molecule has 1 aromatic carbocycles. The summed E-state index contributed by atoms with van der Waals surface area (Å²) in [5.41, 5.74) is 2.48. The van der Waals surface area contributed by atoms with Crippen molar-refractivity contribution in [3.05, 3.63) is 27.3 Å². The first kappa shape index (κ1) is 12.8. The topological polar surface area (TPSA) is 21.3 Å². The third kappa shape index (κ3) is 4.38. The van der Waals surface area contributed by atoms with E-state index in [4.69, 9.17) is 4.74 Å². The number of halogens is 1. The number of hydrogen-bond donors (Lipinski definition) is 1. The predicted octanol–water partition coefficient (Wildman–Crippen LogP) is 3.44. The van der Waals surface area contributed by atoms with Crippen LogP contribution in [-0.4, -0.2) is 19.3 Å². The van der Waals surface area contributed by atoms with Crippen molar-refractivity contribution in [3.8, 4) is 0 Å². The van der Waals surface area contributed by atoms with Crippen LogP contribution in [0.3, 0.4) is 0 Å². The zero-order valence-corrected chi connectivity index (χ0v) is 11.7. The van der Waals surface area contributed by atoms with Gasteiger partial charge < -0.3 is 10.1 Å². The Morgan fingerprint density at radius 1 is 1.47 bits per heavy atom. The summed E-state index contributed by atoms with van der Waals surface area (Å²) in [5.74, 6) is 0. The monoisotopic (exact) mass is 319 g/mol. The standard InChI is InChI=1S/C12H18INO/c1-4-15-8-10(3)14-12-6-5-11(13)7-9(12)2/h5-7,10,14H,4,8H2,1-3H3. The second-order valence-electron chi connectivity index (χ2n) is 3.66. The highest BCUT2D eigenvalue weighted by Gasteiger charge is 2.04. The molecular formula is C12H18INO. The lowest BCUT2D eigenvalue weighted by atomic mass is 10.2. The smallest absolute Gasteiger partial charge is 0.0664 e. The number of nitrogens with one attached hydrogen (secondary N) is 1. The van der Waals surface area contributed by atoms with Crippen molar-refractivity contribution in [1.82, 2.24) is 0 Å². The van der Waals surface area contributed by atoms with Crippen LogP contribution < -0.4 is 5.32 Å². The molecule has 0 spiro atoms. The Balaban J connectivity index is 2.56. The molecule has 0 radical (unpaired) electrons. The van der Waals surface area contributed by atoms with Crippen LogP contribution in [0, 0.1) is 10.5 Å². The molecule has 15 heavy (non-hydrogen) atoms. The summed E-state index contributed by atoms with van der Waals surface area (Å²) < 4.78 is 6.64. The highest BCUT2D eigenvalue weighted by atomic mass is 127. The maximum absolute atomic E-state index is 5.37. The molecule has 1 atom stereocenters. The van der Waals surface area contributed by atoms with E-state index in [-0.39, 0.29) is 0 Å². The minimum absolute atomic E-state index is 0.351. The molecule has 1 unspecified atom stereocenters. The fourth-order valence-electron chi connectivity index (χ4n) is 1.39. The van der Waals surface area contributed by atoms with Crippen molar-refractivity contribution >= 4 is 28.3 Å². The van der Waals surface area contributed by atoms with Gasteiger partial charge in [-0.1, -0.05) is 0 Å². The fraction of sp³-hybridized carbons (Fsp3) is 0.500. The predicted molar refractivity (Wildman–Crippen MR) is 73.5 cm³/mol. The van der Waals surface area contributed by atoms with Crippen LogP contribution in [0.4, 0.5) is 5.69 Å². The Morgan fingerprint density at radius 3 is 2.80 bits per heavy atom. The van der Waals surface area contributed by atoms with Crippen molar-refractivity contribution in [2.24, 2.45) is 0 Å². The first-order valence-electron chi connectivity index (χ1n) is 5.24. The van der Waals surface area contributed by atoms with Crippen molar-refractivity contribution in [2.75, 3.05) is 18.5 Å². The molecular weight excluding hydrogens is 301 g/mol. The molecule has 0 saturated carbocycles. The van der Waals surface area contributed by atoms with Crippen LogP contribution >= 0.6 is 22.6 Å². The van der Waals surface area contributed by atoms with Gasteiger partial charge in [0.05, 0.1) is 6.61 Å². The fourth-order valence-corrected chi connectivity index (χ4v) is 2.04. The summed E-state index contributed by atoms with van der Waals surface area (Å²) in [4.78, 5) is 0. The van der Waals surface area contributed by atoms with Crippen LogP contribution in [0.15, 0.2) is 18.2 Å². The lowest BCUT2D eigenvalue weighted by Crippen LogP contribution is -2.22. The van der Waals surface area contributed by atoms with Gasteiger partial charge in [-0.25, -0.2) is 0 Å². The highest BCUT2D eigenvalue weighted by molar-refractivity contribution is 14.1. The van der Waals surface area contributed by atoms with Gasteiger partial charge in [-0.2, -0.15) is 0 Å². The normalized spacial score (nSPS) is 12.5. The maximum Gasteiger partial charge on any atom is 0.0664 e. The number of anilines is 1. The van der Waals surface area contributed by atoms with Crippen LogP contribution in [0.5, 0.6) is 0 Å². The van der Waals surface area contributed by atoms with Gasteiger partial charge in [0.25, 0.3) is 0 Å². The summed E-state index contributed by atoms with van der Waals surface area (Å²) in [7, 11) is 0. The molecule has 1 N–H and O–H groups in total. The molecule has 1 rings (SSSR count). The summed E-state index contributed by atoms with van der Waals surface area (Å²) in [6.07, 6.45) is 0. The summed E-state index contributed by atoms with van der Waals surface area (Å²) in [5, 5.41) is 3.44. The van der Waals surface area contributed by atoms with E-state index < -0.39 is 0 Å². The molecule has 0 bridgehead atoms. The molecule has 0 saturated heterocycles. The first-order chi connectivity index (χ1) is 7.13. The van der Waals surface area contributed by atoms with Gasteiger partial charge in [0.2, 0.25) is 0 Å². The van der Waals surface area contributed by atoms with Crippen LogP contribution in [0.25, 0.3) is 0 Å². The van der Waals surface area contributed by atoms with Gasteiger partial charge >= 0.3 is 0 Å². The first-order valence-corrected chi connectivity index (χ1v) is 6.31. The quantitative estimate of drug-likeness (QED) is 0.840. The van der Waals surface area contributed by atoms with E-state index in [9.17, 15) is 0 Å². The zero-order valence-electron chi connectivity index (χ0n) is 9.51. The van der Waals surface area contributed by atoms with Crippen LogP contribution in [0.1, 0.15) is 19.4 Å². The van der Waals surface area contributed by atoms with Crippen LogP contribution in [-0.2, 0) is 4.74 Å². The lowest BCUT2D eigenvalue weighted by Gasteiger charge is -2.16. The van der Waals surface area contributed by atoms with Crippen LogP contribution in [0.2, 0.25) is 0 Å². The van der Waals surface area contributed by atoms with Crippen molar-refractivity contribution in [3.63, 3.8) is 0 Å². The molecule has 0 aliphatic heterocycles. The molecule has 0 aliphatic rings. The van der Waals surface area contributed by atoms with E-state index in [0.29, 0.717) is 6.04 Å². The van der Waals surface area contributed by atoms with Crippen molar-refractivity contribution < 1.29 is 4.74 Å². The van der Waals surface area contributed by atoms with Gasteiger partial charge in [-0.15, -0.1) is 0 Å². The average Bonchev–Trinajstić information content (AvgIpc) is 2.19. The zero-order chi connectivity index (χ0) is 11.3. The van der Waals surface area contributed by atoms with Crippen molar-refractivity contribution in [2.45, 2.75) is 26.8 Å². The van der Waals surface area contributed by atoms with E-state index in [1.165, 1.54) is 14.8 Å². The van der Waals surface area contributed by atoms with Gasteiger partial charge in [0.1, 0.15) is 0 Å². The molecule has 0 amide bonds. The Kier molecular flexibility index (Phi) is 5.39.